The molecule has 0 aliphatic carbocycles. The molecule has 5 nitrogen and oxygen atoms in total. The van der Waals surface area contributed by atoms with E-state index in [1.165, 1.54) is 12.7 Å². The Hall–Kier alpha value is -1.23. The molecule has 2 saturated heterocycles. The van der Waals surface area contributed by atoms with E-state index in [0.717, 1.165) is 18.7 Å². The van der Waals surface area contributed by atoms with E-state index in [4.69, 9.17) is 10.5 Å². The fourth-order valence-corrected chi connectivity index (χ4v) is 2.41. The molecule has 1 aromatic rings. The van der Waals surface area contributed by atoms with Gasteiger partial charge in [0.25, 0.3) is 0 Å². The van der Waals surface area contributed by atoms with Gasteiger partial charge >= 0.3 is 0 Å². The Bertz CT molecular complexity index is 356. The highest BCUT2D eigenvalue weighted by Gasteiger charge is 2.42. The average molecular weight is 192 g/mol. The van der Waals surface area contributed by atoms with Crippen molar-refractivity contribution in [2.24, 2.45) is 0 Å². The van der Waals surface area contributed by atoms with Crippen molar-refractivity contribution in [3.63, 3.8) is 0 Å². The van der Waals surface area contributed by atoms with Crippen molar-refractivity contribution in [2.45, 2.75) is 37.4 Å². The number of nitrogens with two attached hydrogens (primary N) is 1. The lowest BCUT2D eigenvalue weighted by molar-refractivity contribution is 0.0998. The molecular weight excluding hydrogens is 180 g/mol. The smallest absolute Gasteiger partial charge is 0.223 e. The molecule has 2 N–H and O–H groups in total. The van der Waals surface area contributed by atoms with E-state index in [9.17, 15) is 0 Å². The van der Waals surface area contributed by atoms with Crippen molar-refractivity contribution in [1.82, 2.24) is 15.0 Å². The summed E-state index contributed by atoms with van der Waals surface area (Å²) in [7, 11) is 0. The Morgan fingerprint density at radius 3 is 2.93 bits per heavy atom. The number of fused-ring (bicyclic) bond motifs is 2. The maximum atomic E-state index is 5.74. The van der Waals surface area contributed by atoms with E-state index in [1.807, 2.05) is 0 Å². The van der Waals surface area contributed by atoms with Gasteiger partial charge in [0.15, 0.2) is 0 Å². The van der Waals surface area contributed by atoms with Crippen LogP contribution in [0.2, 0.25) is 0 Å². The molecule has 2 fully saturated rings. The lowest BCUT2D eigenvalue weighted by atomic mass is 9.89. The van der Waals surface area contributed by atoms with Gasteiger partial charge in [-0.3, -0.25) is 0 Å². The molecule has 0 saturated carbocycles. The zero-order chi connectivity index (χ0) is 9.54. The van der Waals surface area contributed by atoms with Crippen LogP contribution in [0.4, 0.5) is 5.95 Å². The fraction of sp³-hybridized carbons (Fsp3) is 0.667. The van der Waals surface area contributed by atoms with E-state index in [1.54, 1.807) is 0 Å². The topological polar surface area (TPSA) is 73.9 Å². The van der Waals surface area contributed by atoms with Crippen LogP contribution in [0.3, 0.4) is 0 Å². The summed E-state index contributed by atoms with van der Waals surface area (Å²) >= 11 is 0. The second-order valence-electron chi connectivity index (χ2n) is 3.92. The second kappa shape index (κ2) is 2.88. The van der Waals surface area contributed by atoms with Gasteiger partial charge in [-0.1, -0.05) is 0 Å². The number of ether oxygens (including phenoxy) is 1. The van der Waals surface area contributed by atoms with Gasteiger partial charge in [0.05, 0.1) is 12.2 Å². The Morgan fingerprint density at radius 2 is 2.29 bits per heavy atom. The Morgan fingerprint density at radius 1 is 1.36 bits per heavy atom. The summed E-state index contributed by atoms with van der Waals surface area (Å²) in [6, 6.07) is 0. The maximum Gasteiger partial charge on any atom is 0.223 e. The monoisotopic (exact) mass is 192 g/mol. The van der Waals surface area contributed by atoms with Gasteiger partial charge in [-0.25, -0.2) is 9.97 Å². The number of anilines is 1. The summed E-state index contributed by atoms with van der Waals surface area (Å²) < 4.78 is 5.74. The van der Waals surface area contributed by atoms with Crippen molar-refractivity contribution in [3.8, 4) is 0 Å². The quantitative estimate of drug-likeness (QED) is 0.700. The highest BCUT2D eigenvalue weighted by Crippen LogP contribution is 2.43. The summed E-state index contributed by atoms with van der Waals surface area (Å²) in [6.45, 7) is 0. The second-order valence-corrected chi connectivity index (χ2v) is 3.92. The standard InChI is InChI=1S/C9H12N4O/c10-9-12-4-11-8(13-9)6-3-5-1-2-7(6)14-5/h4-7H,1-3H2,(H2,10,11,12,13). The van der Waals surface area contributed by atoms with Crippen LogP contribution >= 0.6 is 0 Å². The zero-order valence-electron chi connectivity index (χ0n) is 7.76. The number of rotatable bonds is 1. The van der Waals surface area contributed by atoms with Gasteiger partial charge in [-0.15, -0.1) is 0 Å². The summed E-state index contributed by atoms with van der Waals surface area (Å²) in [5.74, 6) is 1.43. The van der Waals surface area contributed by atoms with E-state index in [-0.39, 0.29) is 0 Å². The molecule has 2 aliphatic heterocycles. The fourth-order valence-electron chi connectivity index (χ4n) is 2.41. The molecule has 3 unspecified atom stereocenters. The molecule has 2 bridgehead atoms. The minimum absolute atomic E-state index is 0.303. The normalized spacial score (nSPS) is 35.0. The first-order valence-corrected chi connectivity index (χ1v) is 4.93. The van der Waals surface area contributed by atoms with Gasteiger partial charge in [-0.2, -0.15) is 4.98 Å². The first kappa shape index (κ1) is 8.11. The third kappa shape index (κ3) is 1.16. The van der Waals surface area contributed by atoms with Gasteiger partial charge in [0.2, 0.25) is 5.95 Å². The van der Waals surface area contributed by atoms with Crippen LogP contribution in [0, 0.1) is 0 Å². The largest absolute Gasteiger partial charge is 0.374 e. The van der Waals surface area contributed by atoms with E-state index >= 15 is 0 Å². The SMILES string of the molecule is Nc1ncnc(C2CC3CCC2O3)n1. The van der Waals surface area contributed by atoms with Crippen molar-refractivity contribution < 1.29 is 4.74 Å². The summed E-state index contributed by atoms with van der Waals surface area (Å²) in [5, 5.41) is 0. The highest BCUT2D eigenvalue weighted by molar-refractivity contribution is 5.16. The molecule has 0 radical (unpaired) electrons. The first-order chi connectivity index (χ1) is 6.83. The van der Waals surface area contributed by atoms with Crippen LogP contribution < -0.4 is 5.73 Å². The Kier molecular flexibility index (Phi) is 1.67. The van der Waals surface area contributed by atoms with Crippen LogP contribution in [0.5, 0.6) is 0 Å². The molecule has 2 aliphatic rings. The molecule has 3 atom stereocenters. The zero-order valence-corrected chi connectivity index (χ0v) is 7.76. The predicted molar refractivity (Wildman–Crippen MR) is 49.5 cm³/mol. The van der Waals surface area contributed by atoms with Crippen LogP contribution in [0.25, 0.3) is 0 Å². The van der Waals surface area contributed by atoms with Crippen LogP contribution in [-0.2, 0) is 4.74 Å². The molecular formula is C9H12N4O. The Labute approximate surface area is 81.7 Å². The molecule has 5 heteroatoms. The molecule has 3 heterocycles. The molecule has 3 rings (SSSR count). The summed E-state index contributed by atoms with van der Waals surface area (Å²) in [5.41, 5.74) is 5.52. The molecule has 0 spiro atoms. The van der Waals surface area contributed by atoms with Gasteiger partial charge in [0.1, 0.15) is 12.2 Å². The third-order valence-electron chi connectivity index (χ3n) is 3.05. The van der Waals surface area contributed by atoms with Gasteiger partial charge < -0.3 is 10.5 Å². The lowest BCUT2D eigenvalue weighted by Crippen LogP contribution is -2.17. The van der Waals surface area contributed by atoms with Crippen molar-refractivity contribution in [2.75, 3.05) is 5.73 Å². The number of nitrogens with zero attached hydrogens (tertiary/aromatic N) is 3. The third-order valence-corrected chi connectivity index (χ3v) is 3.05. The molecule has 0 aromatic carbocycles. The Balaban J connectivity index is 1.89. The maximum absolute atomic E-state index is 5.74. The van der Waals surface area contributed by atoms with Gasteiger partial charge in [-0.05, 0) is 19.3 Å². The predicted octanol–water partition coefficient (Wildman–Crippen LogP) is 0.489. The van der Waals surface area contributed by atoms with Crippen molar-refractivity contribution in [1.29, 1.82) is 0 Å². The molecule has 74 valence electrons. The minimum Gasteiger partial charge on any atom is -0.374 e. The number of hydrogen-bond donors (Lipinski definition) is 1. The molecule has 14 heavy (non-hydrogen) atoms. The van der Waals surface area contributed by atoms with Crippen LogP contribution in [0.1, 0.15) is 31.0 Å². The first-order valence-electron chi connectivity index (χ1n) is 4.93. The van der Waals surface area contributed by atoms with Crippen molar-refractivity contribution in [3.05, 3.63) is 12.2 Å². The number of nitrogen functional groups attached to an aromatic ring is 1. The summed E-state index contributed by atoms with van der Waals surface area (Å²) in [4.78, 5) is 12.1. The average Bonchev–Trinajstić information content (AvgIpc) is 2.78. The van der Waals surface area contributed by atoms with Crippen molar-refractivity contribution >= 4 is 5.95 Å². The van der Waals surface area contributed by atoms with E-state index in [2.05, 4.69) is 15.0 Å². The van der Waals surface area contributed by atoms with Crippen LogP contribution in [-0.4, -0.2) is 27.2 Å². The highest BCUT2D eigenvalue weighted by atomic mass is 16.5. The molecule has 1 aromatic heterocycles. The van der Waals surface area contributed by atoms with Gasteiger partial charge in [0, 0.05) is 5.92 Å². The summed E-state index contributed by atoms with van der Waals surface area (Å²) in [6.07, 6.45) is 5.55. The minimum atomic E-state index is 0.303. The molecule has 0 amide bonds. The van der Waals surface area contributed by atoms with E-state index < -0.39 is 0 Å². The lowest BCUT2D eigenvalue weighted by Gasteiger charge is -2.16. The van der Waals surface area contributed by atoms with E-state index in [0.29, 0.717) is 24.1 Å². The number of aromatic nitrogens is 3. The van der Waals surface area contributed by atoms with Crippen LogP contribution in [0.15, 0.2) is 6.33 Å². The number of hydrogen-bond acceptors (Lipinski definition) is 5.